The number of piperazine rings is 1. The molecule has 6 nitrogen and oxygen atoms in total. The minimum atomic E-state index is -0.362. The van der Waals surface area contributed by atoms with Crippen LogP contribution in [0, 0.1) is 19.7 Å². The first kappa shape index (κ1) is 20.5. The molecule has 2 aliphatic rings. The Morgan fingerprint density at radius 3 is 2.27 bits per heavy atom. The largest absolute Gasteiger partial charge is 0.338 e. The second-order valence-corrected chi connectivity index (χ2v) is 8.11. The van der Waals surface area contributed by atoms with Crippen LogP contribution in [-0.4, -0.2) is 53.8 Å². The van der Waals surface area contributed by atoms with Gasteiger partial charge in [-0.1, -0.05) is 23.8 Å². The Balaban J connectivity index is 1.32. The quantitative estimate of drug-likeness (QED) is 0.815. The highest BCUT2D eigenvalue weighted by atomic mass is 19.1. The summed E-state index contributed by atoms with van der Waals surface area (Å²) in [5.41, 5.74) is 10.5. The van der Waals surface area contributed by atoms with Crippen molar-refractivity contribution in [1.82, 2.24) is 20.7 Å². The summed E-state index contributed by atoms with van der Waals surface area (Å²) in [5, 5.41) is 0. The van der Waals surface area contributed by atoms with E-state index in [1.165, 1.54) is 41.0 Å². The summed E-state index contributed by atoms with van der Waals surface area (Å²) in [7, 11) is 0. The topological polar surface area (TPSA) is 64.7 Å². The van der Waals surface area contributed by atoms with Crippen LogP contribution in [0.2, 0.25) is 0 Å². The van der Waals surface area contributed by atoms with Crippen molar-refractivity contribution in [2.45, 2.75) is 32.4 Å². The molecule has 2 unspecified atom stereocenters. The number of carbonyl (C=O) groups excluding carboxylic acids is 2. The summed E-state index contributed by atoms with van der Waals surface area (Å²) >= 11 is 0. The van der Waals surface area contributed by atoms with Gasteiger partial charge in [0.05, 0.1) is 0 Å². The average molecular weight is 410 g/mol. The van der Waals surface area contributed by atoms with Crippen LogP contribution in [0.5, 0.6) is 0 Å². The average Bonchev–Trinajstić information content (AvgIpc) is 3.23. The number of amides is 2. The zero-order chi connectivity index (χ0) is 21.3. The first-order valence-electron chi connectivity index (χ1n) is 10.3. The fourth-order valence-electron chi connectivity index (χ4n) is 4.26. The van der Waals surface area contributed by atoms with Crippen LogP contribution in [0.1, 0.15) is 39.5 Å². The van der Waals surface area contributed by atoms with E-state index in [1.807, 2.05) is 4.90 Å². The highest BCUT2D eigenvalue weighted by Crippen LogP contribution is 2.26. The molecule has 0 aromatic heterocycles. The third-order valence-corrected chi connectivity index (χ3v) is 5.97. The van der Waals surface area contributed by atoms with Gasteiger partial charge in [0, 0.05) is 37.8 Å². The summed E-state index contributed by atoms with van der Waals surface area (Å²) in [6.45, 7) is 6.11. The highest BCUT2D eigenvalue weighted by Gasteiger charge is 2.35. The number of hydrogen-bond donors (Lipinski definition) is 2. The molecule has 2 aliphatic heterocycles. The van der Waals surface area contributed by atoms with Gasteiger partial charge in [-0.15, -0.1) is 0 Å². The van der Waals surface area contributed by atoms with Crippen molar-refractivity contribution in [2.75, 3.05) is 26.2 Å². The van der Waals surface area contributed by atoms with Gasteiger partial charge < -0.3 is 9.80 Å². The molecule has 2 fully saturated rings. The fourth-order valence-corrected chi connectivity index (χ4v) is 4.26. The Morgan fingerprint density at radius 1 is 0.933 bits per heavy atom. The number of benzene rings is 2. The van der Waals surface area contributed by atoms with Crippen molar-refractivity contribution in [2.24, 2.45) is 0 Å². The summed E-state index contributed by atoms with van der Waals surface area (Å²) in [4.78, 5) is 29.1. The molecular formula is C23H27FN4O2. The molecule has 2 amide bonds. The molecule has 158 valence electrons. The molecule has 2 heterocycles. The number of halogens is 1. The van der Waals surface area contributed by atoms with E-state index in [4.69, 9.17) is 0 Å². The van der Waals surface area contributed by atoms with Crippen molar-refractivity contribution in [1.29, 1.82) is 0 Å². The molecule has 30 heavy (non-hydrogen) atoms. The van der Waals surface area contributed by atoms with Gasteiger partial charge in [-0.05, 0) is 55.7 Å². The molecule has 4 rings (SSSR count). The molecule has 0 bridgehead atoms. The third kappa shape index (κ3) is 4.22. The Morgan fingerprint density at radius 2 is 1.60 bits per heavy atom. The van der Waals surface area contributed by atoms with E-state index in [0.717, 1.165) is 0 Å². The summed E-state index contributed by atoms with van der Waals surface area (Å²) in [5.74, 6) is -0.430. The van der Waals surface area contributed by atoms with Gasteiger partial charge in [0.1, 0.15) is 11.9 Å². The predicted octanol–water partition coefficient (Wildman–Crippen LogP) is 2.33. The van der Waals surface area contributed by atoms with E-state index in [1.54, 1.807) is 4.90 Å². The zero-order valence-corrected chi connectivity index (χ0v) is 17.3. The van der Waals surface area contributed by atoms with Gasteiger partial charge in [0.15, 0.2) is 0 Å². The lowest BCUT2D eigenvalue weighted by atomic mass is 9.96. The van der Waals surface area contributed by atoms with E-state index >= 15 is 0 Å². The molecule has 0 radical (unpaired) electrons. The van der Waals surface area contributed by atoms with Crippen molar-refractivity contribution < 1.29 is 14.0 Å². The maximum absolute atomic E-state index is 13.1. The normalized spacial score (nSPS) is 21.7. The Bertz CT molecular complexity index is 939. The number of rotatable bonds is 3. The van der Waals surface area contributed by atoms with Gasteiger partial charge in [0.25, 0.3) is 5.91 Å². The number of nitrogens with zero attached hydrogens (tertiary/aromatic N) is 2. The minimum Gasteiger partial charge on any atom is -0.338 e. The van der Waals surface area contributed by atoms with Crippen LogP contribution in [0.3, 0.4) is 0 Å². The van der Waals surface area contributed by atoms with E-state index in [-0.39, 0.29) is 29.7 Å². The van der Waals surface area contributed by atoms with E-state index < -0.39 is 0 Å². The van der Waals surface area contributed by atoms with Crippen molar-refractivity contribution in [3.8, 4) is 0 Å². The van der Waals surface area contributed by atoms with Crippen LogP contribution in [0.25, 0.3) is 0 Å². The maximum atomic E-state index is 13.1. The van der Waals surface area contributed by atoms with Gasteiger partial charge in [-0.25, -0.2) is 15.2 Å². The standard InChI is InChI=1S/C23H27FN4O2/c1-15-3-8-19(16(2)13-15)20-14-21(26-25-20)23(30)28-11-9-27(10-12-28)22(29)17-4-6-18(24)7-5-17/h3-8,13,20-21,25-26H,9-12,14H2,1-2H3. The second kappa shape index (κ2) is 8.53. The molecule has 2 N–H and O–H groups in total. The Kier molecular flexibility index (Phi) is 5.83. The lowest BCUT2D eigenvalue weighted by molar-refractivity contribution is -0.134. The molecule has 0 saturated carbocycles. The second-order valence-electron chi connectivity index (χ2n) is 8.11. The first-order chi connectivity index (χ1) is 14.4. The van der Waals surface area contributed by atoms with Crippen LogP contribution in [0.4, 0.5) is 4.39 Å². The smallest absolute Gasteiger partial charge is 0.253 e. The van der Waals surface area contributed by atoms with Crippen molar-refractivity contribution >= 4 is 11.8 Å². The van der Waals surface area contributed by atoms with Gasteiger partial charge in [0.2, 0.25) is 5.91 Å². The number of hydrazine groups is 1. The van der Waals surface area contributed by atoms with E-state index in [2.05, 4.69) is 42.9 Å². The van der Waals surface area contributed by atoms with Gasteiger partial charge >= 0.3 is 0 Å². The lowest BCUT2D eigenvalue weighted by Crippen LogP contribution is -2.54. The highest BCUT2D eigenvalue weighted by molar-refractivity contribution is 5.94. The molecule has 7 heteroatoms. The first-order valence-corrected chi connectivity index (χ1v) is 10.3. The van der Waals surface area contributed by atoms with Gasteiger partial charge in [-0.3, -0.25) is 9.59 Å². The monoisotopic (exact) mass is 410 g/mol. The SMILES string of the molecule is Cc1ccc(C2CC(C(=O)N3CCN(C(=O)c4ccc(F)cc4)CC3)NN2)c(C)c1. The fraction of sp³-hybridized carbons (Fsp3) is 0.391. The molecular weight excluding hydrogens is 383 g/mol. The van der Waals surface area contributed by atoms with Crippen LogP contribution in [-0.2, 0) is 4.79 Å². The van der Waals surface area contributed by atoms with Crippen molar-refractivity contribution in [3.63, 3.8) is 0 Å². The number of nitrogens with one attached hydrogen (secondary N) is 2. The molecule has 2 aromatic rings. The zero-order valence-electron chi connectivity index (χ0n) is 17.3. The van der Waals surface area contributed by atoms with Crippen LogP contribution in [0.15, 0.2) is 42.5 Å². The van der Waals surface area contributed by atoms with E-state index in [0.29, 0.717) is 38.2 Å². The van der Waals surface area contributed by atoms with Crippen LogP contribution < -0.4 is 10.9 Å². The van der Waals surface area contributed by atoms with E-state index in [9.17, 15) is 14.0 Å². The Labute approximate surface area is 176 Å². The minimum absolute atomic E-state index is 0.0589. The predicted molar refractivity (Wildman–Crippen MR) is 112 cm³/mol. The molecule has 2 aromatic carbocycles. The lowest BCUT2D eigenvalue weighted by Gasteiger charge is -2.36. The van der Waals surface area contributed by atoms with Gasteiger partial charge in [-0.2, -0.15) is 0 Å². The summed E-state index contributed by atoms with van der Waals surface area (Å²) in [6.07, 6.45) is 0.692. The number of hydrogen-bond acceptors (Lipinski definition) is 4. The molecule has 0 spiro atoms. The molecule has 2 saturated heterocycles. The third-order valence-electron chi connectivity index (χ3n) is 5.97. The maximum Gasteiger partial charge on any atom is 0.253 e. The molecule has 2 atom stereocenters. The summed E-state index contributed by atoms with van der Waals surface area (Å²) in [6, 6.07) is 11.8. The Hall–Kier alpha value is -2.77. The molecule has 0 aliphatic carbocycles. The summed E-state index contributed by atoms with van der Waals surface area (Å²) < 4.78 is 13.1. The number of aryl methyl sites for hydroxylation is 2. The number of carbonyl (C=O) groups is 2. The van der Waals surface area contributed by atoms with Crippen molar-refractivity contribution in [3.05, 3.63) is 70.5 Å². The van der Waals surface area contributed by atoms with Crippen LogP contribution >= 0.6 is 0 Å².